The third-order valence-electron chi connectivity index (χ3n) is 3.26. The minimum atomic E-state index is -0.309. The number of nitrogens with zero attached hydrogens (tertiary/aromatic N) is 3. The molecule has 2 N–H and O–H groups in total. The molecular weight excluding hydrogens is 314 g/mol. The van der Waals surface area contributed by atoms with Gasteiger partial charge < -0.3 is 10.6 Å². The number of allylic oxidation sites excluding steroid dienone is 2. The van der Waals surface area contributed by atoms with Crippen LogP contribution in [0.1, 0.15) is 15.9 Å². The quantitative estimate of drug-likeness (QED) is 0.835. The lowest BCUT2D eigenvalue weighted by Crippen LogP contribution is -2.12. The molecule has 0 saturated carbocycles. The van der Waals surface area contributed by atoms with Crippen LogP contribution in [0.2, 0.25) is 0 Å². The van der Waals surface area contributed by atoms with Crippen molar-refractivity contribution >= 4 is 17.3 Å². The van der Waals surface area contributed by atoms with Crippen molar-refractivity contribution in [3.63, 3.8) is 0 Å². The zero-order chi connectivity index (χ0) is 18.2. The molecule has 0 heterocycles. The molecule has 0 fully saturated rings. The normalized spacial score (nSPS) is 9.04. The highest BCUT2D eigenvalue weighted by molar-refractivity contribution is 6.04. The van der Waals surface area contributed by atoms with Crippen LogP contribution in [0.5, 0.6) is 0 Å². The highest BCUT2D eigenvalue weighted by atomic mass is 16.1. The largest absolute Gasteiger partial charge is 0.345 e. The second kappa shape index (κ2) is 7.97. The minimum absolute atomic E-state index is 0.146. The predicted octanol–water partition coefficient (Wildman–Crippen LogP) is 3.48. The molecule has 0 radical (unpaired) electrons. The van der Waals surface area contributed by atoms with Gasteiger partial charge in [-0.05, 0) is 37.3 Å². The van der Waals surface area contributed by atoms with E-state index in [-0.39, 0.29) is 17.2 Å². The number of benzene rings is 2. The molecule has 0 saturated heterocycles. The zero-order valence-corrected chi connectivity index (χ0v) is 13.4. The molecule has 6 nitrogen and oxygen atoms in total. The molecule has 25 heavy (non-hydrogen) atoms. The van der Waals surface area contributed by atoms with Crippen molar-refractivity contribution in [3.05, 3.63) is 70.9 Å². The topological polar surface area (TPSA) is 112 Å². The van der Waals surface area contributed by atoms with Crippen molar-refractivity contribution in [2.45, 2.75) is 6.92 Å². The van der Waals surface area contributed by atoms with Crippen LogP contribution in [0.25, 0.3) is 0 Å². The van der Waals surface area contributed by atoms with Gasteiger partial charge in [0.25, 0.3) is 5.91 Å². The van der Waals surface area contributed by atoms with E-state index in [1.54, 1.807) is 60.7 Å². The van der Waals surface area contributed by atoms with Gasteiger partial charge in [-0.15, -0.1) is 0 Å². The number of hydrogen-bond donors (Lipinski definition) is 2. The van der Waals surface area contributed by atoms with E-state index < -0.39 is 0 Å². The van der Waals surface area contributed by atoms with Gasteiger partial charge in [0.2, 0.25) is 0 Å². The molecule has 0 atom stereocenters. The van der Waals surface area contributed by atoms with Gasteiger partial charge in [0.1, 0.15) is 23.9 Å². The lowest BCUT2D eigenvalue weighted by atomic mass is 10.1. The van der Waals surface area contributed by atoms with Gasteiger partial charge in [-0.1, -0.05) is 23.8 Å². The molecule has 0 spiro atoms. The van der Waals surface area contributed by atoms with Crippen molar-refractivity contribution in [1.29, 1.82) is 15.8 Å². The molecule has 0 unspecified atom stereocenters. The average molecular weight is 327 g/mol. The summed E-state index contributed by atoms with van der Waals surface area (Å²) in [5.41, 5.74) is 2.05. The molecule has 0 aliphatic heterocycles. The summed E-state index contributed by atoms with van der Waals surface area (Å²) in [4.78, 5) is 12.3. The van der Waals surface area contributed by atoms with Crippen LogP contribution >= 0.6 is 0 Å². The first-order valence-corrected chi connectivity index (χ1v) is 7.27. The fourth-order valence-electron chi connectivity index (χ4n) is 2.09. The lowest BCUT2D eigenvalue weighted by Gasteiger charge is -2.09. The molecule has 0 bridgehead atoms. The van der Waals surface area contributed by atoms with E-state index in [4.69, 9.17) is 15.8 Å². The molecular formula is C19H13N5O. The molecule has 2 rings (SSSR count). The molecule has 2 aromatic rings. The first-order valence-electron chi connectivity index (χ1n) is 7.27. The lowest BCUT2D eigenvalue weighted by molar-refractivity contribution is 0.102. The Morgan fingerprint density at radius 2 is 1.52 bits per heavy atom. The van der Waals surface area contributed by atoms with E-state index in [0.717, 1.165) is 5.56 Å². The second-order valence-corrected chi connectivity index (χ2v) is 5.11. The fourth-order valence-corrected chi connectivity index (χ4v) is 2.09. The number of anilines is 2. The summed E-state index contributed by atoms with van der Waals surface area (Å²) in [6.07, 6.45) is 0. The Hall–Kier alpha value is -4.08. The number of nitriles is 3. The van der Waals surface area contributed by atoms with Crippen LogP contribution in [0.3, 0.4) is 0 Å². The Balaban J connectivity index is 2.21. The highest BCUT2D eigenvalue weighted by Crippen LogP contribution is 2.18. The Morgan fingerprint density at radius 3 is 2.12 bits per heavy atom. The summed E-state index contributed by atoms with van der Waals surface area (Å²) < 4.78 is 0. The summed E-state index contributed by atoms with van der Waals surface area (Å²) in [6.45, 7) is 1.90. The Morgan fingerprint density at radius 1 is 0.880 bits per heavy atom. The van der Waals surface area contributed by atoms with Crippen LogP contribution in [-0.2, 0) is 0 Å². The van der Waals surface area contributed by atoms with E-state index in [0.29, 0.717) is 16.9 Å². The van der Waals surface area contributed by atoms with Crippen molar-refractivity contribution < 1.29 is 4.79 Å². The van der Waals surface area contributed by atoms with Gasteiger partial charge in [0, 0.05) is 16.9 Å². The van der Waals surface area contributed by atoms with Crippen LogP contribution in [-0.4, -0.2) is 5.91 Å². The highest BCUT2D eigenvalue weighted by Gasteiger charge is 2.09. The monoisotopic (exact) mass is 327 g/mol. The third kappa shape index (κ3) is 4.45. The first-order chi connectivity index (χ1) is 12.1. The molecule has 120 valence electrons. The van der Waals surface area contributed by atoms with E-state index in [1.807, 2.05) is 13.0 Å². The number of aryl methyl sites for hydroxylation is 1. The summed E-state index contributed by atoms with van der Waals surface area (Å²) in [6, 6.07) is 18.9. The molecule has 0 aliphatic rings. The van der Waals surface area contributed by atoms with E-state index >= 15 is 0 Å². The Kier molecular flexibility index (Phi) is 5.50. The molecule has 0 aromatic heterocycles. The van der Waals surface area contributed by atoms with Crippen LogP contribution in [0.15, 0.2) is 59.8 Å². The maximum Gasteiger partial charge on any atom is 0.255 e. The van der Waals surface area contributed by atoms with Crippen molar-refractivity contribution in [1.82, 2.24) is 0 Å². The SMILES string of the molecule is Cc1cccc(C(=O)Nc2cccc(NC(C#N)=C(C#N)C#N)c2)c1. The maximum absolute atomic E-state index is 12.3. The summed E-state index contributed by atoms with van der Waals surface area (Å²) in [7, 11) is 0. The molecule has 6 heteroatoms. The van der Waals surface area contributed by atoms with Crippen molar-refractivity contribution in [2.24, 2.45) is 0 Å². The van der Waals surface area contributed by atoms with Gasteiger partial charge in [-0.3, -0.25) is 4.79 Å². The number of carbonyl (C=O) groups excluding carboxylic acids is 1. The summed E-state index contributed by atoms with van der Waals surface area (Å²) in [5.74, 6) is -0.258. The molecule has 0 aliphatic carbocycles. The van der Waals surface area contributed by atoms with Crippen LogP contribution in [0, 0.1) is 40.9 Å². The minimum Gasteiger partial charge on any atom is -0.345 e. The smallest absolute Gasteiger partial charge is 0.255 e. The second-order valence-electron chi connectivity index (χ2n) is 5.11. The van der Waals surface area contributed by atoms with Gasteiger partial charge in [0.05, 0.1) is 0 Å². The predicted molar refractivity (Wildman–Crippen MR) is 93.1 cm³/mol. The number of carbonyl (C=O) groups is 1. The first kappa shape index (κ1) is 17.3. The van der Waals surface area contributed by atoms with E-state index in [2.05, 4.69) is 10.6 Å². The fraction of sp³-hybridized carbons (Fsp3) is 0.0526. The maximum atomic E-state index is 12.3. The summed E-state index contributed by atoms with van der Waals surface area (Å²) >= 11 is 0. The standard InChI is InChI=1S/C19H13N5O/c1-13-4-2-5-14(8-13)19(25)24-17-7-3-6-16(9-17)23-18(12-22)15(10-20)11-21/h2-9,23H,1H3,(H,24,25). The van der Waals surface area contributed by atoms with Gasteiger partial charge in [-0.25, -0.2) is 0 Å². The van der Waals surface area contributed by atoms with Crippen molar-refractivity contribution in [2.75, 3.05) is 10.6 Å². The number of rotatable bonds is 4. The number of hydrogen-bond acceptors (Lipinski definition) is 5. The average Bonchev–Trinajstić information content (AvgIpc) is 2.62. The van der Waals surface area contributed by atoms with E-state index in [9.17, 15) is 4.79 Å². The van der Waals surface area contributed by atoms with Gasteiger partial charge >= 0.3 is 0 Å². The third-order valence-corrected chi connectivity index (χ3v) is 3.26. The number of nitrogens with one attached hydrogen (secondary N) is 2. The molecule has 2 aromatic carbocycles. The summed E-state index contributed by atoms with van der Waals surface area (Å²) in [5, 5.41) is 32.2. The van der Waals surface area contributed by atoms with E-state index in [1.165, 1.54) is 0 Å². The van der Waals surface area contributed by atoms with Crippen LogP contribution < -0.4 is 10.6 Å². The Labute approximate surface area is 145 Å². The van der Waals surface area contributed by atoms with Crippen molar-refractivity contribution in [3.8, 4) is 18.2 Å². The van der Waals surface area contributed by atoms with Crippen LogP contribution in [0.4, 0.5) is 11.4 Å². The molecule has 1 amide bonds. The van der Waals surface area contributed by atoms with Gasteiger partial charge in [-0.2, -0.15) is 15.8 Å². The van der Waals surface area contributed by atoms with Gasteiger partial charge in [0.15, 0.2) is 5.57 Å². The number of amides is 1. The zero-order valence-electron chi connectivity index (χ0n) is 13.4. The Bertz CT molecular complexity index is 954.